The van der Waals surface area contributed by atoms with Gasteiger partial charge in [-0.2, -0.15) is 23.7 Å². The molecule has 2 N–H and O–H groups in total. The molecule has 0 aliphatic heterocycles. The molecule has 6 nitrogen and oxygen atoms in total. The van der Waals surface area contributed by atoms with Gasteiger partial charge in [0.25, 0.3) is 0 Å². The maximum absolute atomic E-state index is 12.7. The summed E-state index contributed by atoms with van der Waals surface area (Å²) < 4.78 is 38.2. The molecule has 2 rings (SSSR count). The summed E-state index contributed by atoms with van der Waals surface area (Å²) in [6.07, 6.45) is -4.54. The largest absolute Gasteiger partial charge is 0.416 e. The monoisotopic (exact) mass is 347 g/mol. The van der Waals surface area contributed by atoms with Crippen LogP contribution in [-0.2, 0) is 11.0 Å². The Hall–Kier alpha value is -3.33. The number of nitriles is 2. The van der Waals surface area contributed by atoms with E-state index < -0.39 is 23.6 Å². The van der Waals surface area contributed by atoms with Crippen LogP contribution in [0.4, 0.5) is 19.1 Å². The molecule has 1 atom stereocenters. The van der Waals surface area contributed by atoms with E-state index in [9.17, 15) is 18.0 Å². The molecule has 0 aliphatic carbocycles. The quantitative estimate of drug-likeness (QED) is 0.885. The maximum Gasteiger partial charge on any atom is 0.416 e. The fourth-order valence-corrected chi connectivity index (χ4v) is 2.19. The van der Waals surface area contributed by atoms with Gasteiger partial charge in [0.1, 0.15) is 12.1 Å². The molecule has 0 fully saturated rings. The first kappa shape index (κ1) is 18.0. The summed E-state index contributed by atoms with van der Waals surface area (Å²) in [5, 5.41) is 20.0. The predicted molar refractivity (Wildman–Crippen MR) is 81.1 cm³/mol. The van der Waals surface area contributed by atoms with Crippen molar-refractivity contribution >= 4 is 11.9 Å². The van der Waals surface area contributed by atoms with Gasteiger partial charge in [-0.05, 0) is 17.5 Å². The van der Waals surface area contributed by atoms with Gasteiger partial charge in [-0.1, -0.05) is 25.1 Å². The zero-order valence-electron chi connectivity index (χ0n) is 13.0. The summed E-state index contributed by atoms with van der Waals surface area (Å²) in [6.45, 7) is 1.62. The lowest BCUT2D eigenvalue weighted by Crippen LogP contribution is -2.15. The van der Waals surface area contributed by atoms with Gasteiger partial charge in [0.2, 0.25) is 11.9 Å². The highest BCUT2D eigenvalue weighted by molar-refractivity contribution is 5.89. The van der Waals surface area contributed by atoms with Gasteiger partial charge in [-0.25, -0.2) is 4.98 Å². The Labute approximate surface area is 140 Å². The summed E-state index contributed by atoms with van der Waals surface area (Å²) in [5.74, 6) is -1.04. The van der Waals surface area contributed by atoms with E-state index in [4.69, 9.17) is 10.5 Å². The van der Waals surface area contributed by atoms with Crippen molar-refractivity contribution in [2.24, 2.45) is 0 Å². The number of rotatable bonds is 4. The molecule has 0 radical (unpaired) electrons. The Balaban J connectivity index is 2.07. The molecule has 128 valence electrons. The first-order chi connectivity index (χ1) is 11.7. The molecule has 25 heavy (non-hydrogen) atoms. The van der Waals surface area contributed by atoms with Gasteiger partial charge < -0.3 is 4.98 Å². The molecule has 2 aromatic rings. The Morgan fingerprint density at radius 2 is 2.08 bits per heavy atom. The summed E-state index contributed by atoms with van der Waals surface area (Å²) in [5.41, 5.74) is -0.632. The standard InChI is InChI=1S/C16H12F3N5O/c1-9(10-3-2-4-11(6-10)16(17,18)19)5-14(25)24-15-22-12(7-20)13(8-21)23-15/h2-4,6,9H,5H2,1H3,(H2,22,23,24,25)/t9-/m1/s1. The molecule has 0 unspecified atom stereocenters. The van der Waals surface area contributed by atoms with Crippen molar-refractivity contribution < 1.29 is 18.0 Å². The van der Waals surface area contributed by atoms with E-state index in [1.54, 1.807) is 19.1 Å². The zero-order chi connectivity index (χ0) is 18.6. The van der Waals surface area contributed by atoms with Crippen LogP contribution in [0.3, 0.4) is 0 Å². The lowest BCUT2D eigenvalue weighted by molar-refractivity contribution is -0.137. The summed E-state index contributed by atoms with van der Waals surface area (Å²) in [4.78, 5) is 18.2. The fourth-order valence-electron chi connectivity index (χ4n) is 2.19. The van der Waals surface area contributed by atoms with E-state index >= 15 is 0 Å². The highest BCUT2D eigenvalue weighted by Crippen LogP contribution is 2.31. The molecule has 0 saturated heterocycles. The number of hydrogen-bond donors (Lipinski definition) is 2. The molecule has 1 aromatic carbocycles. The van der Waals surface area contributed by atoms with Crippen LogP contribution in [0.15, 0.2) is 24.3 Å². The number of carbonyl (C=O) groups is 1. The third kappa shape index (κ3) is 4.36. The summed E-state index contributed by atoms with van der Waals surface area (Å²) in [6, 6.07) is 8.21. The zero-order valence-corrected chi connectivity index (χ0v) is 13.0. The topological polar surface area (TPSA) is 105 Å². The number of anilines is 1. The van der Waals surface area contributed by atoms with Gasteiger partial charge in [-0.3, -0.25) is 10.1 Å². The highest BCUT2D eigenvalue weighted by atomic mass is 19.4. The van der Waals surface area contributed by atoms with E-state index in [1.807, 2.05) is 0 Å². The van der Waals surface area contributed by atoms with Crippen molar-refractivity contribution in [1.82, 2.24) is 9.97 Å². The smallest absolute Gasteiger partial charge is 0.314 e. The molecular formula is C16H12F3N5O. The van der Waals surface area contributed by atoms with Crippen molar-refractivity contribution in [3.05, 3.63) is 46.8 Å². The third-order valence-electron chi connectivity index (χ3n) is 3.45. The van der Waals surface area contributed by atoms with Crippen LogP contribution in [0.1, 0.15) is 41.8 Å². The van der Waals surface area contributed by atoms with Gasteiger partial charge in [0.05, 0.1) is 5.56 Å². The summed E-state index contributed by atoms with van der Waals surface area (Å²) >= 11 is 0. The van der Waals surface area contributed by atoms with Gasteiger partial charge in [-0.15, -0.1) is 0 Å². The van der Waals surface area contributed by atoms with Crippen LogP contribution < -0.4 is 5.32 Å². The number of aromatic amines is 1. The molecule has 1 heterocycles. The number of nitrogens with zero attached hydrogens (tertiary/aromatic N) is 3. The number of carbonyl (C=O) groups excluding carboxylic acids is 1. The van der Waals surface area contributed by atoms with E-state index in [-0.39, 0.29) is 23.8 Å². The van der Waals surface area contributed by atoms with Crippen molar-refractivity contribution in [3.8, 4) is 12.1 Å². The molecule has 1 aromatic heterocycles. The van der Waals surface area contributed by atoms with Crippen LogP contribution in [0.2, 0.25) is 0 Å². The van der Waals surface area contributed by atoms with Crippen molar-refractivity contribution in [2.75, 3.05) is 5.32 Å². The molecule has 0 bridgehead atoms. The van der Waals surface area contributed by atoms with E-state index in [0.717, 1.165) is 12.1 Å². The Morgan fingerprint density at radius 1 is 1.36 bits per heavy atom. The number of alkyl halides is 3. The van der Waals surface area contributed by atoms with Gasteiger partial charge in [0.15, 0.2) is 11.4 Å². The normalized spacial score (nSPS) is 12.1. The SMILES string of the molecule is C[C@H](CC(=O)Nc1nc(C#N)c(C#N)[nH]1)c1cccc(C(F)(F)F)c1. The van der Waals surface area contributed by atoms with Crippen molar-refractivity contribution in [1.29, 1.82) is 10.5 Å². The molecule has 0 saturated carbocycles. The second-order valence-electron chi connectivity index (χ2n) is 5.31. The number of nitrogens with one attached hydrogen (secondary N) is 2. The number of hydrogen-bond acceptors (Lipinski definition) is 4. The van der Waals surface area contributed by atoms with Crippen molar-refractivity contribution in [3.63, 3.8) is 0 Å². The first-order valence-corrected chi connectivity index (χ1v) is 7.11. The summed E-state index contributed by atoms with van der Waals surface area (Å²) in [7, 11) is 0. The number of aromatic nitrogens is 2. The van der Waals surface area contributed by atoms with Crippen LogP contribution in [0.25, 0.3) is 0 Å². The van der Waals surface area contributed by atoms with Gasteiger partial charge in [0, 0.05) is 6.42 Å². The Morgan fingerprint density at radius 3 is 2.64 bits per heavy atom. The fraction of sp³-hybridized carbons (Fsp3) is 0.250. The minimum Gasteiger partial charge on any atom is -0.314 e. The van der Waals surface area contributed by atoms with Crippen LogP contribution in [-0.4, -0.2) is 15.9 Å². The van der Waals surface area contributed by atoms with E-state index in [0.29, 0.717) is 5.56 Å². The second kappa shape index (κ2) is 7.05. The maximum atomic E-state index is 12.7. The number of imidazole rings is 1. The molecule has 1 amide bonds. The Bertz CT molecular complexity index is 842. The predicted octanol–water partition coefficient (Wildman–Crippen LogP) is 3.30. The Kier molecular flexibility index (Phi) is 5.08. The van der Waals surface area contributed by atoms with E-state index in [2.05, 4.69) is 15.3 Å². The lowest BCUT2D eigenvalue weighted by Gasteiger charge is -2.14. The number of benzene rings is 1. The first-order valence-electron chi connectivity index (χ1n) is 7.11. The molecule has 9 heteroatoms. The second-order valence-corrected chi connectivity index (χ2v) is 5.31. The third-order valence-corrected chi connectivity index (χ3v) is 3.45. The lowest BCUT2D eigenvalue weighted by atomic mass is 9.95. The van der Waals surface area contributed by atoms with Crippen LogP contribution >= 0.6 is 0 Å². The average Bonchev–Trinajstić information content (AvgIpc) is 2.95. The van der Waals surface area contributed by atoms with Crippen molar-refractivity contribution in [2.45, 2.75) is 25.4 Å². The minimum atomic E-state index is -4.45. The number of halogens is 3. The van der Waals surface area contributed by atoms with Crippen LogP contribution in [0, 0.1) is 22.7 Å². The highest BCUT2D eigenvalue weighted by Gasteiger charge is 2.30. The average molecular weight is 347 g/mol. The molecule has 0 aliphatic rings. The molecule has 0 spiro atoms. The number of amides is 1. The van der Waals surface area contributed by atoms with E-state index in [1.165, 1.54) is 12.1 Å². The van der Waals surface area contributed by atoms with Gasteiger partial charge >= 0.3 is 6.18 Å². The minimum absolute atomic E-state index is 0.0608. The van der Waals surface area contributed by atoms with Crippen LogP contribution in [0.5, 0.6) is 0 Å². The number of H-pyrrole nitrogens is 1. The molecular weight excluding hydrogens is 335 g/mol.